The molecule has 30 heavy (non-hydrogen) atoms. The van der Waals surface area contributed by atoms with Gasteiger partial charge in [0.2, 0.25) is 0 Å². The molecule has 0 saturated heterocycles. The minimum absolute atomic E-state index is 0.0677. The Hall–Kier alpha value is -2.25. The van der Waals surface area contributed by atoms with Gasteiger partial charge >= 0.3 is 5.97 Å². The summed E-state index contributed by atoms with van der Waals surface area (Å²) in [4.78, 5) is 12.5. The number of unbranched alkanes of at least 4 members (excludes halogenated alkanes) is 2. The zero-order valence-electron chi connectivity index (χ0n) is 17.9. The summed E-state index contributed by atoms with van der Waals surface area (Å²) in [5.41, 5.74) is 1.27. The van der Waals surface area contributed by atoms with Crippen LogP contribution in [0, 0.1) is 12.7 Å². The van der Waals surface area contributed by atoms with Crippen LogP contribution in [0.3, 0.4) is 0 Å². The molecule has 0 spiro atoms. The van der Waals surface area contributed by atoms with E-state index in [4.69, 9.17) is 8.92 Å². The lowest BCUT2D eigenvalue weighted by Gasteiger charge is -2.20. The molecule has 0 aliphatic heterocycles. The lowest BCUT2D eigenvalue weighted by molar-refractivity contribution is 0.00682. The van der Waals surface area contributed by atoms with Crippen molar-refractivity contribution in [3.63, 3.8) is 0 Å². The zero-order chi connectivity index (χ0) is 22.4. The van der Waals surface area contributed by atoms with Crippen LogP contribution >= 0.6 is 0 Å². The molecule has 0 aliphatic rings. The van der Waals surface area contributed by atoms with Gasteiger partial charge in [-0.3, -0.25) is 4.18 Å². The van der Waals surface area contributed by atoms with E-state index in [1.165, 1.54) is 30.3 Å². The quantitative estimate of drug-likeness (QED) is 0.307. The van der Waals surface area contributed by atoms with Crippen LogP contribution in [0.1, 0.15) is 61.5 Å². The van der Waals surface area contributed by atoms with E-state index in [0.29, 0.717) is 36.8 Å². The van der Waals surface area contributed by atoms with Gasteiger partial charge in [0.1, 0.15) is 11.4 Å². The average Bonchev–Trinajstić information content (AvgIpc) is 2.63. The maximum atomic E-state index is 13.7. The number of rotatable bonds is 9. The highest BCUT2D eigenvalue weighted by Crippen LogP contribution is 2.19. The fourth-order valence-corrected chi connectivity index (χ4v) is 3.78. The normalized spacial score (nSPS) is 12.0. The Labute approximate surface area is 178 Å². The highest BCUT2D eigenvalue weighted by Gasteiger charge is 2.20. The molecule has 0 bridgehead atoms. The van der Waals surface area contributed by atoms with Crippen molar-refractivity contribution in [1.29, 1.82) is 0 Å². The van der Waals surface area contributed by atoms with E-state index in [0.717, 1.165) is 5.56 Å². The van der Waals surface area contributed by atoms with Crippen molar-refractivity contribution in [3.8, 4) is 0 Å². The van der Waals surface area contributed by atoms with Crippen molar-refractivity contribution in [1.82, 2.24) is 0 Å². The molecule has 0 fully saturated rings. The molecular weight excluding hydrogens is 407 g/mol. The van der Waals surface area contributed by atoms with Gasteiger partial charge in [-0.2, -0.15) is 8.42 Å². The Morgan fingerprint density at radius 3 is 2.30 bits per heavy atom. The van der Waals surface area contributed by atoms with Crippen molar-refractivity contribution in [2.24, 2.45) is 0 Å². The summed E-state index contributed by atoms with van der Waals surface area (Å²) in [5.74, 6) is -0.894. The first kappa shape index (κ1) is 24.0. The first-order valence-corrected chi connectivity index (χ1v) is 11.4. The van der Waals surface area contributed by atoms with Crippen molar-refractivity contribution in [3.05, 3.63) is 65.0 Å². The topological polar surface area (TPSA) is 69.7 Å². The van der Waals surface area contributed by atoms with Gasteiger partial charge in [0.15, 0.2) is 0 Å². The molecule has 0 saturated carbocycles. The lowest BCUT2D eigenvalue weighted by atomic mass is 10.0. The van der Waals surface area contributed by atoms with Gasteiger partial charge in [-0.25, -0.2) is 9.18 Å². The number of aryl methyl sites for hydroxylation is 2. The van der Waals surface area contributed by atoms with Crippen LogP contribution in [-0.2, 0) is 25.5 Å². The molecular formula is C23H29FO5S. The number of hydrogen-bond donors (Lipinski definition) is 0. The van der Waals surface area contributed by atoms with E-state index in [1.807, 2.05) is 6.92 Å². The zero-order valence-corrected chi connectivity index (χ0v) is 18.7. The van der Waals surface area contributed by atoms with Gasteiger partial charge in [0.05, 0.1) is 17.1 Å². The second-order valence-electron chi connectivity index (χ2n) is 8.20. The molecule has 2 rings (SSSR count). The van der Waals surface area contributed by atoms with E-state index < -0.39 is 27.5 Å². The molecule has 2 aromatic carbocycles. The summed E-state index contributed by atoms with van der Waals surface area (Å²) in [6.07, 6.45) is 2.35. The summed E-state index contributed by atoms with van der Waals surface area (Å²) in [7, 11) is -3.77. The summed E-state index contributed by atoms with van der Waals surface area (Å²) in [6.45, 7) is 7.28. The monoisotopic (exact) mass is 436 g/mol. The van der Waals surface area contributed by atoms with Crippen molar-refractivity contribution < 1.29 is 26.5 Å². The second-order valence-corrected chi connectivity index (χ2v) is 9.82. The minimum Gasteiger partial charge on any atom is -0.456 e. The molecule has 0 heterocycles. The number of hydrogen-bond acceptors (Lipinski definition) is 5. The minimum atomic E-state index is -3.77. The fourth-order valence-electron chi connectivity index (χ4n) is 2.84. The number of benzene rings is 2. The fraction of sp³-hybridized carbons (Fsp3) is 0.435. The Balaban J connectivity index is 1.85. The Bertz CT molecular complexity index is 960. The van der Waals surface area contributed by atoms with Crippen LogP contribution < -0.4 is 0 Å². The van der Waals surface area contributed by atoms with E-state index >= 15 is 0 Å². The van der Waals surface area contributed by atoms with Crippen LogP contribution in [0.4, 0.5) is 4.39 Å². The summed E-state index contributed by atoms with van der Waals surface area (Å²) < 4.78 is 48.4. The smallest absolute Gasteiger partial charge is 0.338 e. The third-order valence-electron chi connectivity index (χ3n) is 4.32. The molecule has 0 radical (unpaired) electrons. The maximum Gasteiger partial charge on any atom is 0.338 e. The van der Waals surface area contributed by atoms with Gasteiger partial charge in [0.25, 0.3) is 10.1 Å². The molecule has 2 aromatic rings. The molecule has 0 aromatic heterocycles. The summed E-state index contributed by atoms with van der Waals surface area (Å²) >= 11 is 0. The van der Waals surface area contributed by atoms with Crippen molar-refractivity contribution >= 4 is 16.1 Å². The molecule has 164 valence electrons. The van der Waals surface area contributed by atoms with Crippen LogP contribution in [0.2, 0.25) is 0 Å². The Morgan fingerprint density at radius 2 is 1.67 bits per heavy atom. The SMILES string of the molecule is Cc1ccc(S(=O)(=O)OCCCCCc2cc(F)ccc2C(=O)OC(C)(C)C)cc1. The highest BCUT2D eigenvalue weighted by molar-refractivity contribution is 7.86. The number of esters is 1. The highest BCUT2D eigenvalue weighted by atomic mass is 32.2. The Kier molecular flexibility index (Phi) is 8.15. The van der Waals surface area contributed by atoms with E-state index in [9.17, 15) is 17.6 Å². The largest absolute Gasteiger partial charge is 0.456 e. The number of halogens is 1. The van der Waals surface area contributed by atoms with Crippen molar-refractivity contribution in [2.45, 2.75) is 63.9 Å². The van der Waals surface area contributed by atoms with Crippen LogP contribution in [0.15, 0.2) is 47.4 Å². The summed E-state index contributed by atoms with van der Waals surface area (Å²) in [6, 6.07) is 10.5. The van der Waals surface area contributed by atoms with Gasteiger partial charge in [-0.15, -0.1) is 0 Å². The van der Waals surface area contributed by atoms with Crippen LogP contribution in [-0.4, -0.2) is 26.6 Å². The van der Waals surface area contributed by atoms with Crippen LogP contribution in [0.25, 0.3) is 0 Å². The molecule has 0 N–H and O–H groups in total. The standard InChI is InChI=1S/C23H29FO5S/c1-17-9-12-20(13-10-17)30(26,27)28-15-7-5-6-8-18-16-19(24)11-14-21(18)22(25)29-23(2,3)4/h9-14,16H,5-8,15H2,1-4H3. The van der Waals surface area contributed by atoms with E-state index in [-0.39, 0.29) is 11.5 Å². The van der Waals surface area contributed by atoms with E-state index in [1.54, 1.807) is 32.9 Å². The molecule has 5 nitrogen and oxygen atoms in total. The number of carbonyl (C=O) groups is 1. The third kappa shape index (κ3) is 7.54. The predicted octanol–water partition coefficient (Wildman–Crippen LogP) is 5.21. The van der Waals surface area contributed by atoms with Gasteiger partial charge < -0.3 is 4.74 Å². The van der Waals surface area contributed by atoms with Crippen LogP contribution in [0.5, 0.6) is 0 Å². The van der Waals surface area contributed by atoms with Gasteiger partial charge in [-0.05, 0) is 82.9 Å². The van der Waals surface area contributed by atoms with Gasteiger partial charge in [-0.1, -0.05) is 24.1 Å². The first-order valence-electron chi connectivity index (χ1n) is 9.96. The lowest BCUT2D eigenvalue weighted by Crippen LogP contribution is -2.24. The number of ether oxygens (including phenoxy) is 1. The Morgan fingerprint density at radius 1 is 1.00 bits per heavy atom. The molecule has 0 amide bonds. The van der Waals surface area contributed by atoms with Gasteiger partial charge in [0, 0.05) is 0 Å². The molecule has 0 unspecified atom stereocenters. The molecule has 0 aliphatic carbocycles. The van der Waals surface area contributed by atoms with Crippen molar-refractivity contribution in [2.75, 3.05) is 6.61 Å². The molecule has 0 atom stereocenters. The molecule has 7 heteroatoms. The number of carbonyl (C=O) groups excluding carboxylic acids is 1. The predicted molar refractivity (Wildman–Crippen MR) is 113 cm³/mol. The average molecular weight is 437 g/mol. The second kappa shape index (κ2) is 10.2. The first-order chi connectivity index (χ1) is 14.0. The van der Waals surface area contributed by atoms with E-state index in [2.05, 4.69) is 0 Å². The third-order valence-corrected chi connectivity index (χ3v) is 5.65. The maximum absolute atomic E-state index is 13.7. The summed E-state index contributed by atoms with van der Waals surface area (Å²) in [5, 5.41) is 0.